The number of amides is 3. The SMILES string of the molecule is N=C(N)NCCCCCCCNC(=O)NN[C@@H](CC(=O)O)C(=O)N[C@@H](Cc1c[nH]c2ccccc12)C(=O)O. The van der Waals surface area contributed by atoms with E-state index in [9.17, 15) is 29.4 Å². The molecule has 0 aliphatic rings. The molecule has 1 heterocycles. The van der Waals surface area contributed by atoms with Crippen LogP contribution in [0.1, 0.15) is 44.1 Å². The Morgan fingerprint density at radius 3 is 2.26 bits per heavy atom. The number of aromatic amines is 1. The van der Waals surface area contributed by atoms with Gasteiger partial charge in [0.2, 0.25) is 5.91 Å². The van der Waals surface area contributed by atoms with E-state index in [4.69, 9.17) is 11.1 Å². The molecule has 38 heavy (non-hydrogen) atoms. The fraction of sp³-hybridized carbons (Fsp3) is 0.458. The van der Waals surface area contributed by atoms with Crippen molar-refractivity contribution in [1.29, 1.82) is 5.41 Å². The highest BCUT2D eigenvalue weighted by molar-refractivity contribution is 5.90. The number of aromatic nitrogens is 1. The fourth-order valence-electron chi connectivity index (χ4n) is 3.78. The lowest BCUT2D eigenvalue weighted by atomic mass is 10.0. The number of benzene rings is 1. The number of carbonyl (C=O) groups excluding carboxylic acids is 2. The van der Waals surface area contributed by atoms with Gasteiger partial charge in [-0.3, -0.25) is 20.4 Å². The summed E-state index contributed by atoms with van der Waals surface area (Å²) < 4.78 is 0. The van der Waals surface area contributed by atoms with Crippen molar-refractivity contribution in [2.45, 2.75) is 57.0 Å². The van der Waals surface area contributed by atoms with Gasteiger partial charge in [0.1, 0.15) is 12.1 Å². The first-order chi connectivity index (χ1) is 18.2. The van der Waals surface area contributed by atoms with Gasteiger partial charge >= 0.3 is 18.0 Å². The Balaban J connectivity index is 1.79. The number of para-hydroxylation sites is 1. The molecule has 0 unspecified atom stereocenters. The van der Waals surface area contributed by atoms with Crippen LogP contribution in [-0.4, -0.2) is 70.2 Å². The number of carboxylic acid groups (broad SMARTS) is 2. The Morgan fingerprint density at radius 1 is 0.947 bits per heavy atom. The summed E-state index contributed by atoms with van der Waals surface area (Å²) in [5, 5.41) is 34.4. The molecule has 14 nitrogen and oxygen atoms in total. The lowest BCUT2D eigenvalue weighted by Gasteiger charge is -2.21. The summed E-state index contributed by atoms with van der Waals surface area (Å²) in [6, 6.07) is 3.96. The first kappa shape index (κ1) is 29.9. The zero-order valence-corrected chi connectivity index (χ0v) is 21.0. The standard InChI is InChI=1S/C24H36N8O6/c25-23(26)27-10-6-2-1-3-7-11-28-24(38)32-31-18(13-20(33)34)21(35)30-19(22(36)37)12-15-14-29-17-9-5-4-8-16(15)17/h4-5,8-9,14,18-19,29,31H,1-3,6-7,10-13H2,(H,30,35)(H,33,34)(H,36,37)(H4,25,26,27)(H2,28,32,38)/t18-,19-/m0/s1. The van der Waals surface area contributed by atoms with E-state index in [2.05, 4.69) is 31.8 Å². The van der Waals surface area contributed by atoms with Crippen LogP contribution < -0.4 is 32.5 Å². The van der Waals surface area contributed by atoms with Crippen LogP contribution in [0, 0.1) is 5.41 Å². The van der Waals surface area contributed by atoms with E-state index in [1.807, 2.05) is 24.3 Å². The number of hydrogen-bond acceptors (Lipinski definition) is 6. The number of guanidine groups is 1. The number of hydrogen-bond donors (Lipinski definition) is 10. The van der Waals surface area contributed by atoms with Crippen molar-refractivity contribution in [3.8, 4) is 0 Å². The van der Waals surface area contributed by atoms with Crippen molar-refractivity contribution in [2.75, 3.05) is 13.1 Å². The molecule has 1 aromatic carbocycles. The van der Waals surface area contributed by atoms with E-state index in [-0.39, 0.29) is 12.4 Å². The predicted octanol–water partition coefficient (Wildman–Crippen LogP) is 0.360. The summed E-state index contributed by atoms with van der Waals surface area (Å²) in [4.78, 5) is 50.9. The lowest BCUT2D eigenvalue weighted by molar-refractivity contribution is -0.143. The maximum Gasteiger partial charge on any atom is 0.329 e. The number of unbranched alkanes of at least 4 members (excludes halogenated alkanes) is 4. The van der Waals surface area contributed by atoms with Crippen LogP contribution in [0.25, 0.3) is 10.9 Å². The first-order valence-corrected chi connectivity index (χ1v) is 12.3. The molecule has 2 aromatic rings. The van der Waals surface area contributed by atoms with Gasteiger partial charge in [0, 0.05) is 36.6 Å². The minimum Gasteiger partial charge on any atom is -0.481 e. The van der Waals surface area contributed by atoms with E-state index in [1.54, 1.807) is 6.20 Å². The Kier molecular flexibility index (Phi) is 12.4. The van der Waals surface area contributed by atoms with Crippen molar-refractivity contribution >= 4 is 40.7 Å². The minimum absolute atomic E-state index is 0.0218. The van der Waals surface area contributed by atoms with Gasteiger partial charge in [-0.25, -0.2) is 15.0 Å². The Labute approximate surface area is 219 Å². The third kappa shape index (κ3) is 10.7. The molecular weight excluding hydrogens is 496 g/mol. The molecule has 0 radical (unpaired) electrons. The third-order valence-electron chi connectivity index (χ3n) is 5.72. The molecule has 208 valence electrons. The van der Waals surface area contributed by atoms with Crippen LogP contribution in [-0.2, 0) is 20.8 Å². The first-order valence-electron chi connectivity index (χ1n) is 12.3. The molecule has 3 amide bonds. The molecule has 11 N–H and O–H groups in total. The van der Waals surface area contributed by atoms with Crippen LogP contribution in [0.4, 0.5) is 4.79 Å². The average Bonchev–Trinajstić information content (AvgIpc) is 3.27. The fourth-order valence-corrected chi connectivity index (χ4v) is 3.78. The number of nitrogens with one attached hydrogen (secondary N) is 7. The van der Waals surface area contributed by atoms with Gasteiger partial charge in [0.25, 0.3) is 0 Å². The highest BCUT2D eigenvalue weighted by atomic mass is 16.4. The molecule has 1 aromatic heterocycles. The van der Waals surface area contributed by atoms with E-state index >= 15 is 0 Å². The summed E-state index contributed by atoms with van der Waals surface area (Å²) in [5.41, 5.74) is 11.3. The van der Waals surface area contributed by atoms with E-state index in [1.165, 1.54) is 0 Å². The van der Waals surface area contributed by atoms with Crippen molar-refractivity contribution < 1.29 is 29.4 Å². The molecular formula is C24H36N8O6. The number of carbonyl (C=O) groups is 4. The van der Waals surface area contributed by atoms with Crippen LogP contribution in [0.2, 0.25) is 0 Å². The second-order valence-corrected chi connectivity index (χ2v) is 8.75. The number of carboxylic acids is 2. The van der Waals surface area contributed by atoms with Crippen LogP contribution in [0.15, 0.2) is 30.5 Å². The largest absolute Gasteiger partial charge is 0.481 e. The number of H-pyrrole nitrogens is 1. The normalized spacial score (nSPS) is 12.3. The Bertz CT molecular complexity index is 1100. The van der Waals surface area contributed by atoms with Gasteiger partial charge in [-0.1, -0.05) is 37.5 Å². The van der Waals surface area contributed by atoms with E-state index in [0.29, 0.717) is 18.7 Å². The van der Waals surface area contributed by atoms with Gasteiger partial charge in [-0.15, -0.1) is 0 Å². The number of nitrogens with two attached hydrogens (primary N) is 1. The molecule has 0 aliphatic heterocycles. The molecule has 0 saturated heterocycles. The number of rotatable bonds is 17. The van der Waals surface area contributed by atoms with Crippen LogP contribution in [0.5, 0.6) is 0 Å². The predicted molar refractivity (Wildman–Crippen MR) is 140 cm³/mol. The van der Waals surface area contributed by atoms with E-state index in [0.717, 1.165) is 43.0 Å². The third-order valence-corrected chi connectivity index (χ3v) is 5.72. The number of aliphatic carboxylic acids is 2. The lowest BCUT2D eigenvalue weighted by Crippen LogP contribution is -2.57. The van der Waals surface area contributed by atoms with Gasteiger partial charge in [0.15, 0.2) is 5.96 Å². The second kappa shape index (κ2) is 15.7. The van der Waals surface area contributed by atoms with Crippen molar-refractivity contribution in [3.63, 3.8) is 0 Å². The molecule has 0 fully saturated rings. The summed E-state index contributed by atoms with van der Waals surface area (Å²) in [7, 11) is 0. The van der Waals surface area contributed by atoms with Crippen molar-refractivity contribution in [1.82, 2.24) is 31.8 Å². The molecule has 0 aliphatic carbocycles. The monoisotopic (exact) mass is 532 g/mol. The summed E-state index contributed by atoms with van der Waals surface area (Å²) in [5.74, 6) is -3.51. The smallest absolute Gasteiger partial charge is 0.329 e. The topological polar surface area (TPSA) is 235 Å². The molecule has 0 bridgehead atoms. The summed E-state index contributed by atoms with van der Waals surface area (Å²) in [6.07, 6.45) is 5.36. The molecule has 2 rings (SSSR count). The quantitative estimate of drug-likeness (QED) is 0.0585. The Hall–Kier alpha value is -4.33. The molecule has 0 spiro atoms. The van der Waals surface area contributed by atoms with Gasteiger partial charge in [0.05, 0.1) is 6.42 Å². The highest BCUT2D eigenvalue weighted by Gasteiger charge is 2.28. The summed E-state index contributed by atoms with van der Waals surface area (Å²) in [6.45, 7) is 1.02. The molecule has 0 saturated carbocycles. The minimum atomic E-state index is -1.40. The molecule has 2 atom stereocenters. The Morgan fingerprint density at radius 2 is 1.61 bits per heavy atom. The highest BCUT2D eigenvalue weighted by Crippen LogP contribution is 2.19. The maximum atomic E-state index is 12.7. The number of fused-ring (bicyclic) bond motifs is 1. The molecule has 14 heteroatoms. The zero-order valence-electron chi connectivity index (χ0n) is 21.0. The average molecular weight is 533 g/mol. The van der Waals surface area contributed by atoms with Crippen molar-refractivity contribution in [3.05, 3.63) is 36.0 Å². The van der Waals surface area contributed by atoms with Crippen LogP contribution in [0.3, 0.4) is 0 Å². The van der Waals surface area contributed by atoms with Crippen LogP contribution >= 0.6 is 0 Å². The summed E-state index contributed by atoms with van der Waals surface area (Å²) >= 11 is 0. The number of urea groups is 1. The van der Waals surface area contributed by atoms with Gasteiger partial charge < -0.3 is 36.9 Å². The van der Waals surface area contributed by atoms with Crippen molar-refractivity contribution in [2.24, 2.45) is 5.73 Å². The maximum absolute atomic E-state index is 12.7. The van der Waals surface area contributed by atoms with Gasteiger partial charge in [-0.2, -0.15) is 0 Å². The van der Waals surface area contributed by atoms with Gasteiger partial charge in [-0.05, 0) is 24.5 Å². The number of hydrazine groups is 1. The van der Waals surface area contributed by atoms with E-state index < -0.39 is 42.4 Å². The zero-order chi connectivity index (χ0) is 27.9. The second-order valence-electron chi connectivity index (χ2n) is 8.75.